The quantitative estimate of drug-likeness (QED) is 0.836. The highest BCUT2D eigenvalue weighted by Gasteiger charge is 2.27. The molecule has 0 aliphatic rings. The maximum atomic E-state index is 11.8. The van der Waals surface area contributed by atoms with Crippen molar-refractivity contribution in [2.45, 2.75) is 5.51 Å². The number of nitrogens with one attached hydrogen (secondary N) is 1. The summed E-state index contributed by atoms with van der Waals surface area (Å²) in [6.45, 7) is 0.151. The smallest absolute Gasteiger partial charge is 0.368 e. The van der Waals surface area contributed by atoms with Crippen LogP contribution in [0.15, 0.2) is 16.7 Å². The molecule has 0 aromatic carbocycles. The minimum atomic E-state index is -4.20. The zero-order chi connectivity index (χ0) is 12.2. The largest absolute Gasteiger partial charge is 0.441 e. The number of anilines is 1. The van der Waals surface area contributed by atoms with Gasteiger partial charge in [-0.3, -0.25) is 0 Å². The molecular weight excluding hydrogens is 329 g/mol. The molecule has 0 bridgehead atoms. The fourth-order valence-corrected chi connectivity index (χ4v) is 2.01. The molecule has 0 aliphatic heterocycles. The standard InChI is InChI=1S/C8H7BrClF3N2S/c9-5-3-6(10)7(15-4-5)14-1-2-16-8(11,12)13/h3-4H,1-2H2,(H,14,15). The lowest BCUT2D eigenvalue weighted by Gasteiger charge is -2.08. The molecular formula is C8H7BrClF3N2S. The Morgan fingerprint density at radius 2 is 2.19 bits per heavy atom. The monoisotopic (exact) mass is 334 g/mol. The Balaban J connectivity index is 2.38. The lowest BCUT2D eigenvalue weighted by molar-refractivity contribution is -0.0327. The van der Waals surface area contributed by atoms with E-state index in [0.29, 0.717) is 15.3 Å². The molecule has 90 valence electrons. The second-order valence-electron chi connectivity index (χ2n) is 2.70. The van der Waals surface area contributed by atoms with Gasteiger partial charge in [-0.2, -0.15) is 13.2 Å². The van der Waals surface area contributed by atoms with Crippen LogP contribution in [0.5, 0.6) is 0 Å². The van der Waals surface area contributed by atoms with Gasteiger partial charge in [0, 0.05) is 23.0 Å². The molecule has 0 fully saturated rings. The van der Waals surface area contributed by atoms with Gasteiger partial charge in [0.25, 0.3) is 0 Å². The molecule has 1 aromatic heterocycles. The Morgan fingerprint density at radius 1 is 1.50 bits per heavy atom. The van der Waals surface area contributed by atoms with Crippen LogP contribution in [0.25, 0.3) is 0 Å². The molecule has 0 saturated carbocycles. The van der Waals surface area contributed by atoms with Gasteiger partial charge in [-0.1, -0.05) is 11.6 Å². The zero-order valence-corrected chi connectivity index (χ0v) is 11.0. The second kappa shape index (κ2) is 5.97. The fourth-order valence-electron chi connectivity index (χ4n) is 0.881. The minimum Gasteiger partial charge on any atom is -0.368 e. The minimum absolute atomic E-state index is 0.0808. The van der Waals surface area contributed by atoms with E-state index < -0.39 is 5.51 Å². The van der Waals surface area contributed by atoms with Crippen LogP contribution in [0.3, 0.4) is 0 Å². The maximum absolute atomic E-state index is 11.8. The number of halogens is 5. The van der Waals surface area contributed by atoms with Crippen LogP contribution in [-0.2, 0) is 0 Å². The molecule has 16 heavy (non-hydrogen) atoms. The Morgan fingerprint density at radius 3 is 2.75 bits per heavy atom. The summed E-state index contributed by atoms with van der Waals surface area (Å²) in [6.07, 6.45) is 1.52. The topological polar surface area (TPSA) is 24.9 Å². The van der Waals surface area contributed by atoms with Gasteiger partial charge in [0.15, 0.2) is 0 Å². The Bertz CT molecular complexity index is 362. The molecule has 1 heterocycles. The summed E-state index contributed by atoms with van der Waals surface area (Å²) in [7, 11) is 0. The van der Waals surface area contributed by atoms with E-state index in [1.807, 2.05) is 0 Å². The number of alkyl halides is 3. The molecule has 0 aliphatic carbocycles. The summed E-state index contributed by atoms with van der Waals surface area (Å²) in [5.74, 6) is 0.296. The van der Waals surface area contributed by atoms with E-state index in [2.05, 4.69) is 26.2 Å². The predicted molar refractivity (Wildman–Crippen MR) is 63.9 cm³/mol. The van der Waals surface area contributed by atoms with E-state index in [1.54, 1.807) is 6.07 Å². The lowest BCUT2D eigenvalue weighted by Crippen LogP contribution is -2.10. The first kappa shape index (κ1) is 13.9. The van der Waals surface area contributed by atoms with E-state index >= 15 is 0 Å². The highest BCUT2D eigenvalue weighted by Crippen LogP contribution is 2.30. The zero-order valence-electron chi connectivity index (χ0n) is 7.81. The van der Waals surface area contributed by atoms with E-state index in [4.69, 9.17) is 11.6 Å². The van der Waals surface area contributed by atoms with Crippen molar-refractivity contribution in [2.24, 2.45) is 0 Å². The van der Waals surface area contributed by atoms with Crippen LogP contribution in [0, 0.1) is 0 Å². The number of rotatable bonds is 4. The van der Waals surface area contributed by atoms with Crippen molar-refractivity contribution in [3.05, 3.63) is 21.8 Å². The Labute approximate surface area is 108 Å². The first-order valence-corrected chi connectivity index (χ1v) is 6.30. The van der Waals surface area contributed by atoms with E-state index in [-0.39, 0.29) is 24.1 Å². The number of aromatic nitrogens is 1. The molecule has 8 heteroatoms. The van der Waals surface area contributed by atoms with Crippen LogP contribution in [0.1, 0.15) is 0 Å². The predicted octanol–water partition coefficient (Wildman–Crippen LogP) is 4.16. The average Bonchev–Trinajstić information content (AvgIpc) is 2.13. The van der Waals surface area contributed by atoms with Crippen LogP contribution >= 0.6 is 39.3 Å². The van der Waals surface area contributed by atoms with Crippen molar-refractivity contribution < 1.29 is 13.2 Å². The van der Waals surface area contributed by atoms with Gasteiger partial charge >= 0.3 is 5.51 Å². The molecule has 1 rings (SSSR count). The summed E-state index contributed by atoms with van der Waals surface area (Å²) in [4.78, 5) is 3.93. The molecule has 1 aromatic rings. The number of hydrogen-bond acceptors (Lipinski definition) is 3. The van der Waals surface area contributed by atoms with Gasteiger partial charge in [-0.05, 0) is 33.8 Å². The first-order valence-electron chi connectivity index (χ1n) is 4.14. The van der Waals surface area contributed by atoms with Crippen molar-refractivity contribution >= 4 is 45.1 Å². The molecule has 0 atom stereocenters. The number of nitrogens with zero attached hydrogens (tertiary/aromatic N) is 1. The van der Waals surface area contributed by atoms with Crippen LogP contribution in [0.2, 0.25) is 5.02 Å². The van der Waals surface area contributed by atoms with Crippen molar-refractivity contribution in [2.75, 3.05) is 17.6 Å². The van der Waals surface area contributed by atoms with Crippen molar-refractivity contribution in [1.29, 1.82) is 0 Å². The summed E-state index contributed by atoms with van der Waals surface area (Å²) < 4.78 is 36.1. The average molecular weight is 336 g/mol. The summed E-state index contributed by atoms with van der Waals surface area (Å²) >= 11 is 8.91. The number of hydrogen-bond donors (Lipinski definition) is 1. The summed E-state index contributed by atoms with van der Waals surface area (Å²) in [5, 5.41) is 3.10. The molecule has 0 radical (unpaired) electrons. The third-order valence-corrected chi connectivity index (χ3v) is 2.93. The fraction of sp³-hybridized carbons (Fsp3) is 0.375. The maximum Gasteiger partial charge on any atom is 0.441 e. The van der Waals surface area contributed by atoms with Gasteiger partial charge in [-0.15, -0.1) is 0 Å². The van der Waals surface area contributed by atoms with E-state index in [0.717, 1.165) is 0 Å². The summed E-state index contributed by atoms with van der Waals surface area (Å²) in [5.41, 5.74) is -4.20. The Hall–Kier alpha value is -0.140. The first-order chi connectivity index (χ1) is 7.38. The number of thioether (sulfide) groups is 1. The third kappa shape index (κ3) is 5.27. The van der Waals surface area contributed by atoms with E-state index in [1.165, 1.54) is 6.20 Å². The molecule has 0 saturated heterocycles. The molecule has 0 spiro atoms. The van der Waals surface area contributed by atoms with Crippen molar-refractivity contribution in [3.8, 4) is 0 Å². The highest BCUT2D eigenvalue weighted by molar-refractivity contribution is 9.10. The Kier molecular flexibility index (Phi) is 5.20. The van der Waals surface area contributed by atoms with Gasteiger partial charge in [0.05, 0.1) is 5.02 Å². The SMILES string of the molecule is FC(F)(F)SCCNc1ncc(Br)cc1Cl. The normalized spacial score (nSPS) is 11.6. The number of pyridine rings is 1. The van der Waals surface area contributed by atoms with Gasteiger partial charge in [0.1, 0.15) is 5.82 Å². The molecule has 0 unspecified atom stereocenters. The third-order valence-electron chi connectivity index (χ3n) is 1.47. The van der Waals surface area contributed by atoms with Crippen LogP contribution in [0.4, 0.5) is 19.0 Å². The van der Waals surface area contributed by atoms with E-state index in [9.17, 15) is 13.2 Å². The van der Waals surface area contributed by atoms with Gasteiger partial charge in [0.2, 0.25) is 0 Å². The highest BCUT2D eigenvalue weighted by atomic mass is 79.9. The van der Waals surface area contributed by atoms with Gasteiger partial charge in [-0.25, -0.2) is 4.98 Å². The van der Waals surface area contributed by atoms with Gasteiger partial charge < -0.3 is 5.32 Å². The molecule has 1 N–H and O–H groups in total. The lowest BCUT2D eigenvalue weighted by atomic mass is 10.4. The summed E-state index contributed by atoms with van der Waals surface area (Å²) in [6, 6.07) is 1.62. The molecule has 0 amide bonds. The van der Waals surface area contributed by atoms with Crippen LogP contribution < -0.4 is 5.32 Å². The van der Waals surface area contributed by atoms with Crippen LogP contribution in [-0.4, -0.2) is 22.8 Å². The van der Waals surface area contributed by atoms with Crippen molar-refractivity contribution in [1.82, 2.24) is 4.98 Å². The van der Waals surface area contributed by atoms with Crippen molar-refractivity contribution in [3.63, 3.8) is 0 Å². The second-order valence-corrected chi connectivity index (χ2v) is 5.19. The molecule has 2 nitrogen and oxygen atoms in total.